The highest BCUT2D eigenvalue weighted by atomic mass is 35.5. The monoisotopic (exact) mass is 539 g/mol. The lowest BCUT2D eigenvalue weighted by Crippen LogP contribution is -2.37. The van der Waals surface area contributed by atoms with Crippen LogP contribution in [0, 0.1) is 24.4 Å². The van der Waals surface area contributed by atoms with Gasteiger partial charge in [-0.1, -0.05) is 24.6 Å². The molecule has 0 spiro atoms. The molecule has 0 aliphatic heterocycles. The summed E-state index contributed by atoms with van der Waals surface area (Å²) in [4.78, 5) is 20.1. The molecule has 0 aliphatic rings. The first kappa shape index (κ1) is 28.1. The van der Waals surface area contributed by atoms with Crippen molar-refractivity contribution in [2.75, 3.05) is 20.1 Å². The maximum atomic E-state index is 14.2. The fourth-order valence-corrected chi connectivity index (χ4v) is 5.11. The number of benzene rings is 2. The minimum atomic E-state index is -0.681. The molecule has 0 radical (unpaired) electrons. The summed E-state index contributed by atoms with van der Waals surface area (Å²) in [5.41, 5.74) is 2.85. The van der Waals surface area contributed by atoms with Crippen LogP contribution in [0.2, 0.25) is 5.02 Å². The van der Waals surface area contributed by atoms with Crippen molar-refractivity contribution in [2.24, 2.45) is 0 Å². The molecule has 2 atom stereocenters. The Balaban J connectivity index is 1.63. The van der Waals surface area contributed by atoms with Crippen LogP contribution in [-0.2, 0) is 11.3 Å². The van der Waals surface area contributed by atoms with Gasteiger partial charge in [-0.25, -0.2) is 18.2 Å². The van der Waals surface area contributed by atoms with E-state index in [1.54, 1.807) is 5.51 Å². The van der Waals surface area contributed by atoms with Gasteiger partial charge in [0.2, 0.25) is 0 Å². The zero-order chi connectivity index (χ0) is 26.2. The van der Waals surface area contributed by atoms with Crippen LogP contribution in [0.5, 0.6) is 0 Å². The normalized spacial score (nSPS) is 13.1. The molecule has 1 heterocycles. The Morgan fingerprint density at radius 2 is 1.94 bits per heavy atom. The second-order valence-corrected chi connectivity index (χ2v) is 9.81. The third-order valence-corrected chi connectivity index (χ3v) is 7.28. The van der Waals surface area contributed by atoms with Crippen molar-refractivity contribution in [1.29, 1.82) is 0 Å². The molecule has 1 amide bonds. The number of nitrogens with zero attached hydrogens (tertiary/aromatic N) is 2. The molecule has 194 valence electrons. The highest BCUT2D eigenvalue weighted by Crippen LogP contribution is 2.27. The summed E-state index contributed by atoms with van der Waals surface area (Å²) in [7, 11) is 1.93. The predicted molar refractivity (Wildman–Crippen MR) is 136 cm³/mol. The number of hydrogen-bond donors (Lipinski definition) is 1. The number of ether oxygens (including phenoxy) is 1. The van der Waals surface area contributed by atoms with E-state index in [0.717, 1.165) is 23.1 Å². The lowest BCUT2D eigenvalue weighted by Gasteiger charge is -2.29. The topological polar surface area (TPSA) is 54.5 Å². The number of halogens is 4. The number of likely N-dealkylation sites (N-methyl/N-ethyl adjacent to an activating group) is 1. The van der Waals surface area contributed by atoms with Crippen LogP contribution in [0.25, 0.3) is 0 Å². The summed E-state index contributed by atoms with van der Waals surface area (Å²) < 4.78 is 47.0. The maximum Gasteiger partial charge on any atom is 0.255 e. The molecular weight excluding hydrogens is 511 g/mol. The average molecular weight is 540 g/mol. The lowest BCUT2D eigenvalue weighted by atomic mass is 10.1. The van der Waals surface area contributed by atoms with Crippen LogP contribution >= 0.6 is 22.9 Å². The molecule has 3 rings (SSSR count). The molecule has 0 bridgehead atoms. The van der Waals surface area contributed by atoms with Crippen molar-refractivity contribution >= 4 is 28.8 Å². The maximum absolute atomic E-state index is 14.2. The zero-order valence-corrected chi connectivity index (χ0v) is 21.9. The van der Waals surface area contributed by atoms with Gasteiger partial charge in [-0.2, -0.15) is 0 Å². The summed E-state index contributed by atoms with van der Waals surface area (Å²) in [5, 5.41) is 2.86. The average Bonchev–Trinajstić information content (AvgIpc) is 3.24. The second kappa shape index (κ2) is 13.2. The van der Waals surface area contributed by atoms with E-state index in [9.17, 15) is 18.0 Å². The van der Waals surface area contributed by atoms with Gasteiger partial charge >= 0.3 is 0 Å². The van der Waals surface area contributed by atoms with Gasteiger partial charge in [0.05, 0.1) is 40.5 Å². The van der Waals surface area contributed by atoms with Crippen LogP contribution in [0.3, 0.4) is 0 Å². The SMILES string of the molecule is CCC(CCN(C)C(CNC(=O)c1c(F)cccc1Cl)c1scnc1C)OCc1cc(F)cc(F)c1. The highest BCUT2D eigenvalue weighted by Gasteiger charge is 2.24. The minimum absolute atomic E-state index is 0.0486. The number of thiazole rings is 1. The molecule has 0 saturated heterocycles. The number of aromatic nitrogens is 1. The first-order valence-corrected chi connectivity index (χ1v) is 12.8. The number of amides is 1. The minimum Gasteiger partial charge on any atom is -0.374 e. The van der Waals surface area contributed by atoms with Crippen LogP contribution < -0.4 is 5.32 Å². The van der Waals surface area contributed by atoms with Crippen LogP contribution in [-0.4, -0.2) is 42.0 Å². The van der Waals surface area contributed by atoms with Crippen molar-refractivity contribution in [1.82, 2.24) is 15.2 Å². The van der Waals surface area contributed by atoms with E-state index in [1.165, 1.54) is 41.7 Å². The third-order valence-electron chi connectivity index (χ3n) is 5.93. The summed E-state index contributed by atoms with van der Waals surface area (Å²) >= 11 is 7.53. The molecule has 2 aromatic carbocycles. The van der Waals surface area contributed by atoms with Crippen molar-refractivity contribution in [3.63, 3.8) is 0 Å². The van der Waals surface area contributed by atoms with Crippen molar-refractivity contribution in [2.45, 2.75) is 45.4 Å². The van der Waals surface area contributed by atoms with Gasteiger partial charge in [0, 0.05) is 24.0 Å². The Kier molecular flexibility index (Phi) is 10.3. The van der Waals surface area contributed by atoms with Gasteiger partial charge < -0.3 is 10.1 Å². The van der Waals surface area contributed by atoms with Crippen LogP contribution in [0.4, 0.5) is 13.2 Å². The molecular formula is C26H29ClF3N3O2S. The van der Waals surface area contributed by atoms with Crippen molar-refractivity contribution in [3.8, 4) is 0 Å². The Labute approximate surface area is 218 Å². The second-order valence-electron chi connectivity index (χ2n) is 8.51. The molecule has 36 heavy (non-hydrogen) atoms. The number of rotatable bonds is 12. The Morgan fingerprint density at radius 3 is 2.56 bits per heavy atom. The molecule has 10 heteroatoms. The smallest absolute Gasteiger partial charge is 0.255 e. The molecule has 0 fully saturated rings. The van der Waals surface area contributed by atoms with Gasteiger partial charge in [0.25, 0.3) is 5.91 Å². The number of carbonyl (C=O) groups excluding carboxylic acids is 1. The number of hydrogen-bond acceptors (Lipinski definition) is 5. The van der Waals surface area contributed by atoms with E-state index in [-0.39, 0.29) is 35.9 Å². The van der Waals surface area contributed by atoms with E-state index in [4.69, 9.17) is 16.3 Å². The Hall–Kier alpha value is -2.46. The van der Waals surface area contributed by atoms with Crippen molar-refractivity contribution in [3.05, 3.63) is 86.1 Å². The highest BCUT2D eigenvalue weighted by molar-refractivity contribution is 7.09. The van der Waals surface area contributed by atoms with Gasteiger partial charge in [-0.15, -0.1) is 11.3 Å². The number of nitrogens with one attached hydrogen (secondary N) is 1. The van der Waals surface area contributed by atoms with E-state index in [0.29, 0.717) is 18.5 Å². The van der Waals surface area contributed by atoms with Gasteiger partial charge in [-0.3, -0.25) is 9.69 Å². The summed E-state index contributed by atoms with van der Waals surface area (Å²) in [6.45, 7) is 4.84. The molecule has 3 aromatic rings. The van der Waals surface area contributed by atoms with Gasteiger partial charge in [0.15, 0.2) is 0 Å². The standard InChI is InChI=1S/C26H29ClF3N3O2S/c1-4-20(35-14-17-10-18(28)12-19(29)11-17)8-9-33(3)23(25-16(2)32-15-36-25)13-31-26(34)24-21(27)6-5-7-22(24)30/h5-7,10-12,15,20,23H,4,8-9,13-14H2,1-3H3,(H,31,34). The quantitative estimate of drug-likeness (QED) is 0.293. The van der Waals surface area contributed by atoms with Gasteiger partial charge in [0.1, 0.15) is 17.5 Å². The fraction of sp³-hybridized carbons (Fsp3) is 0.385. The molecule has 1 aromatic heterocycles. The van der Waals surface area contributed by atoms with E-state index in [1.807, 2.05) is 20.9 Å². The number of carbonyl (C=O) groups is 1. The molecule has 5 nitrogen and oxygen atoms in total. The van der Waals surface area contributed by atoms with Crippen molar-refractivity contribution < 1.29 is 22.7 Å². The summed E-state index contributed by atoms with van der Waals surface area (Å²) in [6, 6.07) is 7.26. The molecule has 1 N–H and O–H groups in total. The van der Waals surface area contributed by atoms with E-state index >= 15 is 0 Å². The van der Waals surface area contributed by atoms with Crippen LogP contribution in [0.1, 0.15) is 52.3 Å². The summed E-state index contributed by atoms with van der Waals surface area (Å²) in [6.07, 6.45) is 1.25. The van der Waals surface area contributed by atoms with Crippen LogP contribution in [0.15, 0.2) is 41.9 Å². The summed E-state index contributed by atoms with van der Waals surface area (Å²) in [5.74, 6) is -2.54. The molecule has 0 aliphatic carbocycles. The first-order chi connectivity index (χ1) is 17.2. The van der Waals surface area contributed by atoms with E-state index < -0.39 is 23.4 Å². The first-order valence-electron chi connectivity index (χ1n) is 11.6. The Morgan fingerprint density at radius 1 is 1.22 bits per heavy atom. The Bertz CT molecular complexity index is 1140. The number of aryl methyl sites for hydroxylation is 1. The fourth-order valence-electron chi connectivity index (χ4n) is 3.89. The third kappa shape index (κ3) is 7.52. The largest absolute Gasteiger partial charge is 0.374 e. The molecule has 0 saturated carbocycles. The predicted octanol–water partition coefficient (Wildman–Crippen LogP) is 6.31. The van der Waals surface area contributed by atoms with Gasteiger partial charge in [-0.05, 0) is 56.6 Å². The zero-order valence-electron chi connectivity index (χ0n) is 20.4. The molecule has 2 unspecified atom stereocenters. The lowest BCUT2D eigenvalue weighted by molar-refractivity contribution is 0.0245. The van der Waals surface area contributed by atoms with E-state index in [2.05, 4.69) is 15.2 Å².